The van der Waals surface area contributed by atoms with E-state index < -0.39 is 0 Å². The fourth-order valence-electron chi connectivity index (χ4n) is 3.02. The van der Waals surface area contributed by atoms with E-state index in [9.17, 15) is 4.79 Å². The fourth-order valence-corrected chi connectivity index (χ4v) is 3.02. The fraction of sp³-hybridized carbons (Fsp3) is 0.294. The zero-order valence-corrected chi connectivity index (χ0v) is 13.9. The monoisotopic (exact) mass is 322 g/mol. The van der Waals surface area contributed by atoms with Crippen LogP contribution in [0.4, 0.5) is 0 Å². The molecule has 7 heteroatoms. The highest BCUT2D eigenvalue weighted by Crippen LogP contribution is 2.22. The van der Waals surface area contributed by atoms with Crippen LogP contribution in [0.25, 0.3) is 28.2 Å². The summed E-state index contributed by atoms with van der Waals surface area (Å²) < 4.78 is 5.16. The lowest BCUT2D eigenvalue weighted by Crippen LogP contribution is -2.28. The Morgan fingerprint density at radius 1 is 1.08 bits per heavy atom. The van der Waals surface area contributed by atoms with E-state index in [0.29, 0.717) is 23.7 Å². The van der Waals surface area contributed by atoms with E-state index in [1.807, 2.05) is 49.7 Å². The summed E-state index contributed by atoms with van der Waals surface area (Å²) in [6, 6.07) is 7.93. The van der Waals surface area contributed by atoms with Crippen molar-refractivity contribution in [2.75, 3.05) is 0 Å². The average Bonchev–Trinajstić information content (AvgIpc) is 3.16. The van der Waals surface area contributed by atoms with Crippen LogP contribution in [0.1, 0.15) is 18.9 Å². The lowest BCUT2D eigenvalue weighted by atomic mass is 10.1. The number of nitrogens with zero attached hydrogens (tertiary/aromatic N) is 6. The number of fused-ring (bicyclic) bond motifs is 3. The van der Waals surface area contributed by atoms with Gasteiger partial charge in [-0.3, -0.25) is 4.57 Å². The van der Waals surface area contributed by atoms with Crippen LogP contribution in [0, 0.1) is 6.92 Å². The largest absolute Gasteiger partial charge is 0.337 e. The molecule has 0 unspecified atom stereocenters. The Hall–Kier alpha value is -2.96. The maximum atomic E-state index is 13.1. The first-order chi connectivity index (χ1) is 11.6. The Bertz CT molecular complexity index is 1100. The van der Waals surface area contributed by atoms with Crippen LogP contribution in [0.2, 0.25) is 0 Å². The zero-order valence-electron chi connectivity index (χ0n) is 13.9. The van der Waals surface area contributed by atoms with Crippen molar-refractivity contribution in [3.63, 3.8) is 0 Å². The third kappa shape index (κ3) is 1.97. The lowest BCUT2D eigenvalue weighted by Gasteiger charge is -2.08. The van der Waals surface area contributed by atoms with Crippen LogP contribution in [0.15, 0.2) is 35.4 Å². The molecule has 0 spiro atoms. The Balaban J connectivity index is 2.13. The Labute approximate surface area is 138 Å². The highest BCUT2D eigenvalue weighted by Gasteiger charge is 2.19. The maximum absolute atomic E-state index is 13.1. The molecule has 0 amide bonds. The van der Waals surface area contributed by atoms with Crippen molar-refractivity contribution in [3.05, 3.63) is 46.6 Å². The molecule has 0 fully saturated rings. The molecular weight excluding hydrogens is 304 g/mol. The molecule has 4 rings (SSSR count). The van der Waals surface area contributed by atoms with Gasteiger partial charge in [0.1, 0.15) is 5.52 Å². The molecule has 3 heterocycles. The normalized spacial score (nSPS) is 11.6. The topological polar surface area (TPSA) is 70.0 Å². The van der Waals surface area contributed by atoms with Crippen LogP contribution in [0.5, 0.6) is 0 Å². The van der Waals surface area contributed by atoms with Crippen LogP contribution in [-0.4, -0.2) is 28.7 Å². The van der Waals surface area contributed by atoms with Gasteiger partial charge in [-0.25, -0.2) is 14.2 Å². The first-order valence-corrected chi connectivity index (χ1v) is 7.97. The Morgan fingerprint density at radius 2 is 1.83 bits per heavy atom. The van der Waals surface area contributed by atoms with Gasteiger partial charge in [-0.05, 0) is 13.3 Å². The van der Waals surface area contributed by atoms with Gasteiger partial charge in [0, 0.05) is 19.2 Å². The highest BCUT2D eigenvalue weighted by atomic mass is 16.1. The predicted molar refractivity (Wildman–Crippen MR) is 92.0 cm³/mol. The van der Waals surface area contributed by atoms with E-state index >= 15 is 0 Å². The van der Waals surface area contributed by atoms with Gasteiger partial charge in [0.15, 0.2) is 17.1 Å². The molecule has 3 aromatic heterocycles. The molecular formula is C17H18N6O. The lowest BCUT2D eigenvalue weighted by molar-refractivity contribution is 0.648. The molecule has 24 heavy (non-hydrogen) atoms. The number of benzene rings is 1. The van der Waals surface area contributed by atoms with Crippen LogP contribution < -0.4 is 5.69 Å². The standard InChI is InChI=1S/C17H18N6O/c1-4-9-22-15-13(21(3)10-18-15)16-20-19-14(23(16)17(22)24)12-7-5-11(2)6-8-12/h5-8,10H,4,9H2,1-3H3. The number of aromatic nitrogens is 6. The van der Waals surface area contributed by atoms with Gasteiger partial charge in [-0.15, -0.1) is 10.2 Å². The minimum atomic E-state index is -0.154. The van der Waals surface area contributed by atoms with Crippen molar-refractivity contribution in [3.8, 4) is 11.4 Å². The van der Waals surface area contributed by atoms with Gasteiger partial charge in [0.2, 0.25) is 0 Å². The quantitative estimate of drug-likeness (QED) is 0.579. The summed E-state index contributed by atoms with van der Waals surface area (Å²) in [7, 11) is 1.90. The second-order valence-corrected chi connectivity index (χ2v) is 6.01. The zero-order chi connectivity index (χ0) is 16.8. The van der Waals surface area contributed by atoms with Crippen molar-refractivity contribution >= 4 is 16.8 Å². The van der Waals surface area contributed by atoms with Gasteiger partial charge < -0.3 is 4.57 Å². The summed E-state index contributed by atoms with van der Waals surface area (Å²) in [5, 5.41) is 8.57. The van der Waals surface area contributed by atoms with Crippen molar-refractivity contribution in [2.45, 2.75) is 26.8 Å². The van der Waals surface area contributed by atoms with E-state index in [1.165, 1.54) is 0 Å². The second kappa shape index (κ2) is 5.30. The molecule has 0 saturated heterocycles. The maximum Gasteiger partial charge on any atom is 0.337 e. The van der Waals surface area contributed by atoms with Crippen molar-refractivity contribution in [1.29, 1.82) is 0 Å². The van der Waals surface area contributed by atoms with Gasteiger partial charge >= 0.3 is 5.69 Å². The van der Waals surface area contributed by atoms with Crippen LogP contribution in [-0.2, 0) is 13.6 Å². The second-order valence-electron chi connectivity index (χ2n) is 6.01. The van der Waals surface area contributed by atoms with E-state index in [-0.39, 0.29) is 5.69 Å². The summed E-state index contributed by atoms with van der Waals surface area (Å²) in [5.41, 5.74) is 3.88. The predicted octanol–water partition coefficient (Wildman–Crippen LogP) is 2.16. The summed E-state index contributed by atoms with van der Waals surface area (Å²) in [6.45, 7) is 4.67. The van der Waals surface area contributed by atoms with Crippen molar-refractivity contribution < 1.29 is 0 Å². The van der Waals surface area contributed by atoms with E-state index in [2.05, 4.69) is 15.2 Å². The van der Waals surface area contributed by atoms with Crippen molar-refractivity contribution in [2.24, 2.45) is 7.05 Å². The molecule has 4 aromatic rings. The van der Waals surface area contributed by atoms with E-state index in [1.54, 1.807) is 15.3 Å². The smallest absolute Gasteiger partial charge is 0.329 e. The number of hydrogen-bond acceptors (Lipinski definition) is 4. The summed E-state index contributed by atoms with van der Waals surface area (Å²) in [5.74, 6) is 0.558. The Kier molecular flexibility index (Phi) is 3.23. The minimum Gasteiger partial charge on any atom is -0.329 e. The summed E-state index contributed by atoms with van der Waals surface area (Å²) >= 11 is 0. The molecule has 0 bridgehead atoms. The molecule has 0 saturated carbocycles. The molecule has 1 aromatic carbocycles. The molecule has 0 aliphatic heterocycles. The number of imidazole rings is 1. The first-order valence-electron chi connectivity index (χ1n) is 7.97. The molecule has 0 aliphatic carbocycles. The molecule has 0 aliphatic rings. The first kappa shape index (κ1) is 14.6. The van der Waals surface area contributed by atoms with Gasteiger partial charge in [-0.2, -0.15) is 0 Å². The van der Waals surface area contributed by atoms with Gasteiger partial charge in [-0.1, -0.05) is 36.8 Å². The molecule has 0 N–H and O–H groups in total. The van der Waals surface area contributed by atoms with E-state index in [4.69, 9.17) is 0 Å². The SMILES string of the molecule is CCCn1c(=O)n2c(-c3ccc(C)cc3)nnc2c2c1ncn2C. The minimum absolute atomic E-state index is 0.154. The average molecular weight is 322 g/mol. The summed E-state index contributed by atoms with van der Waals surface area (Å²) in [4.78, 5) is 17.4. The van der Waals surface area contributed by atoms with Crippen LogP contribution in [0.3, 0.4) is 0 Å². The summed E-state index contributed by atoms with van der Waals surface area (Å²) in [6.07, 6.45) is 2.55. The molecule has 0 radical (unpaired) electrons. The highest BCUT2D eigenvalue weighted by molar-refractivity contribution is 5.86. The molecule has 122 valence electrons. The number of hydrogen-bond donors (Lipinski definition) is 0. The van der Waals surface area contributed by atoms with Gasteiger partial charge in [0.25, 0.3) is 0 Å². The molecule has 0 atom stereocenters. The Morgan fingerprint density at radius 3 is 2.54 bits per heavy atom. The van der Waals surface area contributed by atoms with Crippen molar-refractivity contribution in [1.82, 2.24) is 28.7 Å². The third-order valence-corrected chi connectivity index (χ3v) is 4.23. The third-order valence-electron chi connectivity index (χ3n) is 4.23. The van der Waals surface area contributed by atoms with Gasteiger partial charge in [0.05, 0.1) is 6.33 Å². The number of rotatable bonds is 3. The van der Waals surface area contributed by atoms with Crippen LogP contribution >= 0.6 is 0 Å². The van der Waals surface area contributed by atoms with E-state index in [0.717, 1.165) is 23.1 Å². The molecule has 7 nitrogen and oxygen atoms in total. The number of aryl methyl sites for hydroxylation is 3.